The molecule has 2 aromatic carbocycles. The van der Waals surface area contributed by atoms with Crippen LogP contribution in [0.25, 0.3) is 11.5 Å². The van der Waals surface area contributed by atoms with E-state index in [9.17, 15) is 4.39 Å². The SMILES string of the molecule is Cc1ccc(Cc2nnn(Cc3noc(-c4ccc(F)cc4)n3)n2)cc1. The van der Waals surface area contributed by atoms with Gasteiger partial charge in [0.1, 0.15) is 12.4 Å². The lowest BCUT2D eigenvalue weighted by Gasteiger charge is -1.97. The van der Waals surface area contributed by atoms with Gasteiger partial charge >= 0.3 is 0 Å². The van der Waals surface area contributed by atoms with E-state index in [-0.39, 0.29) is 12.4 Å². The van der Waals surface area contributed by atoms with Crippen molar-refractivity contribution in [3.05, 3.63) is 77.1 Å². The maximum Gasteiger partial charge on any atom is 0.257 e. The lowest BCUT2D eigenvalue weighted by molar-refractivity contribution is 0.414. The Bertz CT molecular complexity index is 1010. The van der Waals surface area contributed by atoms with Gasteiger partial charge in [0.05, 0.1) is 0 Å². The Kier molecular flexibility index (Phi) is 4.22. The Morgan fingerprint density at radius 3 is 2.54 bits per heavy atom. The van der Waals surface area contributed by atoms with Gasteiger partial charge in [0.15, 0.2) is 11.6 Å². The molecule has 7 nitrogen and oxygen atoms in total. The van der Waals surface area contributed by atoms with E-state index in [2.05, 4.69) is 37.7 Å². The number of hydrogen-bond acceptors (Lipinski definition) is 6. The zero-order valence-corrected chi connectivity index (χ0v) is 14.0. The van der Waals surface area contributed by atoms with Gasteiger partial charge in [-0.1, -0.05) is 35.0 Å². The maximum absolute atomic E-state index is 13.0. The third-order valence-electron chi connectivity index (χ3n) is 3.82. The van der Waals surface area contributed by atoms with E-state index >= 15 is 0 Å². The van der Waals surface area contributed by atoms with E-state index in [1.165, 1.54) is 22.5 Å². The molecule has 0 aliphatic carbocycles. The van der Waals surface area contributed by atoms with Crippen molar-refractivity contribution in [2.45, 2.75) is 19.9 Å². The first-order valence-corrected chi connectivity index (χ1v) is 8.06. The van der Waals surface area contributed by atoms with Crippen LogP contribution >= 0.6 is 0 Å². The molecule has 8 heteroatoms. The zero-order chi connectivity index (χ0) is 17.9. The average molecular weight is 350 g/mol. The number of benzene rings is 2. The predicted molar refractivity (Wildman–Crippen MR) is 90.6 cm³/mol. The summed E-state index contributed by atoms with van der Waals surface area (Å²) < 4.78 is 18.2. The number of halogens is 1. The van der Waals surface area contributed by atoms with Crippen molar-refractivity contribution >= 4 is 0 Å². The molecular weight excluding hydrogens is 335 g/mol. The molecule has 4 aromatic rings. The fraction of sp³-hybridized carbons (Fsp3) is 0.167. The van der Waals surface area contributed by atoms with E-state index in [0.29, 0.717) is 29.5 Å². The molecule has 0 N–H and O–H groups in total. The lowest BCUT2D eigenvalue weighted by atomic mass is 10.1. The molecule has 2 aromatic heterocycles. The van der Waals surface area contributed by atoms with Gasteiger partial charge in [-0.2, -0.15) is 9.78 Å². The first-order chi connectivity index (χ1) is 12.7. The van der Waals surface area contributed by atoms with Crippen molar-refractivity contribution < 1.29 is 8.91 Å². The lowest BCUT2D eigenvalue weighted by Crippen LogP contribution is -2.06. The van der Waals surface area contributed by atoms with Crippen molar-refractivity contribution in [1.82, 2.24) is 30.3 Å². The summed E-state index contributed by atoms with van der Waals surface area (Å²) in [5.41, 5.74) is 2.98. The molecule has 0 unspecified atom stereocenters. The van der Waals surface area contributed by atoms with Crippen LogP contribution < -0.4 is 0 Å². The van der Waals surface area contributed by atoms with Crippen molar-refractivity contribution in [2.75, 3.05) is 0 Å². The Balaban J connectivity index is 1.44. The summed E-state index contributed by atoms with van der Waals surface area (Å²) in [4.78, 5) is 5.70. The number of tetrazole rings is 1. The monoisotopic (exact) mass is 350 g/mol. The van der Waals surface area contributed by atoms with Crippen molar-refractivity contribution in [2.24, 2.45) is 0 Å². The van der Waals surface area contributed by atoms with Crippen LogP contribution in [0.2, 0.25) is 0 Å². The minimum absolute atomic E-state index is 0.242. The fourth-order valence-corrected chi connectivity index (χ4v) is 2.46. The summed E-state index contributed by atoms with van der Waals surface area (Å²) in [6.45, 7) is 2.29. The number of nitrogens with zero attached hydrogens (tertiary/aromatic N) is 6. The highest BCUT2D eigenvalue weighted by atomic mass is 19.1. The number of hydrogen-bond donors (Lipinski definition) is 0. The maximum atomic E-state index is 13.0. The second-order valence-electron chi connectivity index (χ2n) is 5.92. The molecule has 0 radical (unpaired) electrons. The van der Waals surface area contributed by atoms with Crippen LogP contribution in [0.15, 0.2) is 53.1 Å². The fourth-order valence-electron chi connectivity index (χ4n) is 2.46. The normalized spacial score (nSPS) is 11.0. The van der Waals surface area contributed by atoms with Gasteiger partial charge < -0.3 is 4.52 Å². The van der Waals surface area contributed by atoms with Crippen LogP contribution in [0.1, 0.15) is 22.8 Å². The van der Waals surface area contributed by atoms with Gasteiger partial charge in [-0.15, -0.1) is 10.2 Å². The summed E-state index contributed by atoms with van der Waals surface area (Å²) >= 11 is 0. The average Bonchev–Trinajstić information content (AvgIpc) is 3.28. The highest BCUT2D eigenvalue weighted by molar-refractivity contribution is 5.52. The van der Waals surface area contributed by atoms with E-state index in [1.807, 2.05) is 19.1 Å². The zero-order valence-electron chi connectivity index (χ0n) is 14.0. The molecule has 26 heavy (non-hydrogen) atoms. The standard InChI is InChI=1S/C18H15FN6O/c1-12-2-4-13(5-3-12)10-16-21-24-25(22-16)11-17-20-18(26-23-17)14-6-8-15(19)9-7-14/h2-9H,10-11H2,1H3. The molecule has 0 aliphatic heterocycles. The van der Waals surface area contributed by atoms with Gasteiger partial charge in [-0.3, -0.25) is 0 Å². The Labute approximate surface area is 148 Å². The molecule has 0 spiro atoms. The molecule has 0 atom stereocenters. The summed E-state index contributed by atoms with van der Waals surface area (Å²) in [5.74, 6) is 1.04. The summed E-state index contributed by atoms with van der Waals surface area (Å²) in [6, 6.07) is 14.0. The molecule has 0 bridgehead atoms. The second-order valence-corrected chi connectivity index (χ2v) is 5.92. The predicted octanol–water partition coefficient (Wildman–Crippen LogP) is 2.81. The molecule has 0 saturated heterocycles. The molecule has 130 valence electrons. The van der Waals surface area contributed by atoms with Gasteiger partial charge in [0, 0.05) is 12.0 Å². The van der Waals surface area contributed by atoms with Crippen molar-refractivity contribution in [1.29, 1.82) is 0 Å². The van der Waals surface area contributed by atoms with Crippen LogP contribution in [-0.4, -0.2) is 30.3 Å². The molecule has 0 amide bonds. The summed E-state index contributed by atoms with van der Waals surface area (Å²) in [7, 11) is 0. The second kappa shape index (κ2) is 6.83. The van der Waals surface area contributed by atoms with Crippen LogP contribution in [0.3, 0.4) is 0 Å². The van der Waals surface area contributed by atoms with Crippen LogP contribution in [0.5, 0.6) is 0 Å². The smallest absolute Gasteiger partial charge is 0.257 e. The van der Waals surface area contributed by atoms with Gasteiger partial charge in [0.25, 0.3) is 5.89 Å². The molecule has 2 heterocycles. The number of aromatic nitrogens is 6. The highest BCUT2D eigenvalue weighted by Crippen LogP contribution is 2.17. The molecule has 4 rings (SSSR count). The van der Waals surface area contributed by atoms with Crippen molar-refractivity contribution in [3.63, 3.8) is 0 Å². The Hall–Kier alpha value is -3.42. The largest absolute Gasteiger partial charge is 0.334 e. The first-order valence-electron chi connectivity index (χ1n) is 8.06. The topological polar surface area (TPSA) is 82.5 Å². The highest BCUT2D eigenvalue weighted by Gasteiger charge is 2.11. The van der Waals surface area contributed by atoms with Crippen molar-refractivity contribution in [3.8, 4) is 11.5 Å². The number of rotatable bonds is 5. The Morgan fingerprint density at radius 1 is 1.00 bits per heavy atom. The van der Waals surface area contributed by atoms with Gasteiger partial charge in [-0.25, -0.2) is 4.39 Å². The Morgan fingerprint density at radius 2 is 1.77 bits per heavy atom. The minimum Gasteiger partial charge on any atom is -0.334 e. The first kappa shape index (κ1) is 16.1. The van der Waals surface area contributed by atoms with Crippen LogP contribution in [0, 0.1) is 12.7 Å². The quantitative estimate of drug-likeness (QED) is 0.550. The molecule has 0 saturated carbocycles. The third kappa shape index (κ3) is 3.64. The summed E-state index contributed by atoms with van der Waals surface area (Å²) in [5, 5.41) is 16.3. The van der Waals surface area contributed by atoms with E-state index in [1.54, 1.807) is 12.1 Å². The minimum atomic E-state index is -0.318. The molecule has 0 fully saturated rings. The van der Waals surface area contributed by atoms with Gasteiger partial charge in [-0.05, 0) is 42.0 Å². The number of aryl methyl sites for hydroxylation is 1. The van der Waals surface area contributed by atoms with E-state index < -0.39 is 0 Å². The third-order valence-corrected chi connectivity index (χ3v) is 3.82. The van der Waals surface area contributed by atoms with E-state index in [4.69, 9.17) is 4.52 Å². The van der Waals surface area contributed by atoms with E-state index in [0.717, 1.165) is 5.56 Å². The van der Waals surface area contributed by atoms with Gasteiger partial charge in [0.2, 0.25) is 0 Å². The molecule has 0 aliphatic rings. The van der Waals surface area contributed by atoms with Crippen LogP contribution in [0.4, 0.5) is 4.39 Å². The summed E-state index contributed by atoms with van der Waals surface area (Å²) in [6.07, 6.45) is 0.605. The molecular formula is C18H15FN6O. The van der Waals surface area contributed by atoms with Crippen LogP contribution in [-0.2, 0) is 13.0 Å².